The van der Waals surface area contributed by atoms with E-state index in [1.54, 1.807) is 38.6 Å². The maximum atomic E-state index is 12.9. The number of anilines is 1. The maximum absolute atomic E-state index is 12.9. The van der Waals surface area contributed by atoms with E-state index in [-0.39, 0.29) is 5.91 Å². The number of amides is 1. The molecule has 3 rings (SSSR count). The van der Waals surface area contributed by atoms with Crippen LogP contribution in [0.3, 0.4) is 0 Å². The minimum absolute atomic E-state index is 0.248. The van der Waals surface area contributed by atoms with E-state index in [4.69, 9.17) is 14.0 Å². The van der Waals surface area contributed by atoms with Gasteiger partial charge in [0.05, 0.1) is 25.5 Å². The minimum atomic E-state index is -0.248. The number of thioether (sulfide) groups is 1. The molecular formula is C20H21N3O4S. The molecule has 2 aromatic heterocycles. The van der Waals surface area contributed by atoms with Gasteiger partial charge in [-0.25, -0.2) is 4.98 Å². The van der Waals surface area contributed by atoms with Gasteiger partial charge in [-0.3, -0.25) is 4.79 Å². The van der Waals surface area contributed by atoms with Crippen LogP contribution >= 0.6 is 11.8 Å². The quantitative estimate of drug-likeness (QED) is 0.594. The van der Waals surface area contributed by atoms with Crippen LogP contribution in [-0.4, -0.2) is 30.3 Å². The van der Waals surface area contributed by atoms with E-state index in [1.165, 1.54) is 11.8 Å². The molecule has 28 heavy (non-hydrogen) atoms. The van der Waals surface area contributed by atoms with Crippen LogP contribution in [0.5, 0.6) is 11.5 Å². The second kappa shape index (κ2) is 8.79. The Morgan fingerprint density at radius 1 is 1.18 bits per heavy atom. The Morgan fingerprint density at radius 2 is 1.93 bits per heavy atom. The van der Waals surface area contributed by atoms with Gasteiger partial charge in [0, 0.05) is 29.8 Å². The van der Waals surface area contributed by atoms with Crippen LogP contribution < -0.4 is 14.8 Å². The number of benzene rings is 1. The molecule has 146 valence electrons. The first-order valence-corrected chi connectivity index (χ1v) is 9.54. The highest BCUT2D eigenvalue weighted by Crippen LogP contribution is 2.33. The monoisotopic (exact) mass is 399 g/mol. The largest absolute Gasteiger partial charge is 0.493 e. The number of rotatable bonds is 7. The van der Waals surface area contributed by atoms with Crippen LogP contribution in [0, 0.1) is 13.8 Å². The lowest BCUT2D eigenvalue weighted by Gasteiger charge is -2.14. The van der Waals surface area contributed by atoms with Crippen molar-refractivity contribution in [2.75, 3.05) is 19.5 Å². The van der Waals surface area contributed by atoms with Gasteiger partial charge in [-0.05, 0) is 37.6 Å². The number of aromatic nitrogens is 2. The molecule has 2 heterocycles. The smallest absolute Gasteiger partial charge is 0.258 e. The van der Waals surface area contributed by atoms with Crippen LogP contribution in [0.4, 0.5) is 5.69 Å². The summed E-state index contributed by atoms with van der Waals surface area (Å²) in [5, 5.41) is 7.53. The molecule has 1 aromatic carbocycles. The molecule has 8 heteroatoms. The number of nitrogens with one attached hydrogen (secondary N) is 1. The summed E-state index contributed by atoms with van der Waals surface area (Å²) in [6.07, 6.45) is 1.66. The molecule has 7 nitrogen and oxygen atoms in total. The molecule has 1 amide bonds. The van der Waals surface area contributed by atoms with Crippen molar-refractivity contribution < 1.29 is 18.8 Å². The average Bonchev–Trinajstić information content (AvgIpc) is 3.12. The van der Waals surface area contributed by atoms with E-state index < -0.39 is 0 Å². The molecule has 0 spiro atoms. The van der Waals surface area contributed by atoms with E-state index in [9.17, 15) is 4.79 Å². The van der Waals surface area contributed by atoms with Gasteiger partial charge in [-0.2, -0.15) is 0 Å². The number of methoxy groups -OCH3 is 2. The molecule has 0 fully saturated rings. The number of carbonyl (C=O) groups is 1. The molecule has 0 unspecified atom stereocenters. The first-order chi connectivity index (χ1) is 13.5. The average molecular weight is 399 g/mol. The molecule has 0 saturated carbocycles. The number of pyridine rings is 1. The summed E-state index contributed by atoms with van der Waals surface area (Å²) in [5.74, 6) is 2.22. The number of nitrogens with zero attached hydrogens (tertiary/aromatic N) is 2. The van der Waals surface area contributed by atoms with Gasteiger partial charge >= 0.3 is 0 Å². The topological polar surface area (TPSA) is 86.5 Å². The Kier molecular flexibility index (Phi) is 6.20. The molecule has 0 atom stereocenters. The van der Waals surface area contributed by atoms with Crippen molar-refractivity contribution in [1.29, 1.82) is 0 Å². The molecule has 0 aliphatic rings. The van der Waals surface area contributed by atoms with Crippen LogP contribution in [0.2, 0.25) is 0 Å². The molecule has 0 aliphatic heterocycles. The van der Waals surface area contributed by atoms with Crippen molar-refractivity contribution in [3.8, 4) is 11.5 Å². The molecule has 1 N–H and O–H groups in total. The second-order valence-corrected chi connectivity index (χ2v) is 7.01. The first kappa shape index (κ1) is 19.8. The normalized spacial score (nSPS) is 10.6. The third-order valence-corrected chi connectivity index (χ3v) is 5.07. The minimum Gasteiger partial charge on any atom is -0.493 e. The van der Waals surface area contributed by atoms with Crippen molar-refractivity contribution in [1.82, 2.24) is 10.1 Å². The van der Waals surface area contributed by atoms with Gasteiger partial charge in [-0.15, -0.1) is 0 Å². The van der Waals surface area contributed by atoms with E-state index in [2.05, 4.69) is 15.5 Å². The van der Waals surface area contributed by atoms with Crippen LogP contribution in [-0.2, 0) is 5.75 Å². The number of aryl methyl sites for hydroxylation is 2. The summed E-state index contributed by atoms with van der Waals surface area (Å²) in [6, 6.07) is 8.91. The molecule has 0 aliphatic carbocycles. The van der Waals surface area contributed by atoms with Gasteiger partial charge in [-0.1, -0.05) is 16.9 Å². The third kappa shape index (κ3) is 4.45. The van der Waals surface area contributed by atoms with E-state index in [1.807, 2.05) is 26.0 Å². The van der Waals surface area contributed by atoms with Crippen molar-refractivity contribution in [2.45, 2.75) is 24.6 Å². The molecule has 0 saturated heterocycles. The Hall–Kier alpha value is -3.00. The summed E-state index contributed by atoms with van der Waals surface area (Å²) >= 11 is 1.43. The number of hydrogen-bond donors (Lipinski definition) is 1. The predicted molar refractivity (Wildman–Crippen MR) is 107 cm³/mol. The molecular weight excluding hydrogens is 378 g/mol. The van der Waals surface area contributed by atoms with Gasteiger partial charge < -0.3 is 19.3 Å². The van der Waals surface area contributed by atoms with Crippen LogP contribution in [0.1, 0.15) is 27.4 Å². The molecule has 0 radical (unpaired) electrons. The Balaban J connectivity index is 1.79. The summed E-state index contributed by atoms with van der Waals surface area (Å²) in [6.45, 7) is 3.73. The van der Waals surface area contributed by atoms with E-state index in [0.29, 0.717) is 33.5 Å². The van der Waals surface area contributed by atoms with E-state index in [0.717, 1.165) is 17.0 Å². The highest BCUT2D eigenvalue weighted by atomic mass is 32.2. The van der Waals surface area contributed by atoms with Crippen molar-refractivity contribution >= 4 is 23.4 Å². The lowest BCUT2D eigenvalue weighted by Crippen LogP contribution is -2.14. The summed E-state index contributed by atoms with van der Waals surface area (Å²) in [7, 11) is 3.13. The van der Waals surface area contributed by atoms with Gasteiger partial charge in [0.15, 0.2) is 11.5 Å². The first-order valence-electron chi connectivity index (χ1n) is 8.55. The zero-order valence-corrected chi connectivity index (χ0v) is 16.9. The second-order valence-electron chi connectivity index (χ2n) is 6.05. The number of hydrogen-bond acceptors (Lipinski definition) is 7. The van der Waals surface area contributed by atoms with Gasteiger partial charge in [0.2, 0.25) is 0 Å². The fourth-order valence-corrected chi connectivity index (χ4v) is 3.48. The van der Waals surface area contributed by atoms with Gasteiger partial charge in [0.1, 0.15) is 10.8 Å². The molecule has 3 aromatic rings. The standard InChI is InChI=1S/C20H21N3O4S/c1-12-8-17(25-3)18(26-4)10-16(12)22-19(24)15-6-5-7-21-20(15)28-11-14-9-13(2)27-23-14/h5-10H,11H2,1-4H3,(H,22,24). The highest BCUT2D eigenvalue weighted by molar-refractivity contribution is 7.98. The van der Waals surface area contributed by atoms with Crippen LogP contribution in [0.15, 0.2) is 46.1 Å². The SMILES string of the molecule is COc1cc(C)c(NC(=O)c2cccnc2SCc2cc(C)on2)cc1OC. The Morgan fingerprint density at radius 3 is 2.61 bits per heavy atom. The van der Waals surface area contributed by atoms with Gasteiger partial charge in [0.25, 0.3) is 5.91 Å². The Labute approximate surface area is 167 Å². The summed E-state index contributed by atoms with van der Waals surface area (Å²) < 4.78 is 15.7. The lowest BCUT2D eigenvalue weighted by atomic mass is 10.1. The zero-order valence-electron chi connectivity index (χ0n) is 16.1. The molecule has 0 bridgehead atoms. The predicted octanol–water partition coefficient (Wildman–Crippen LogP) is 4.25. The summed E-state index contributed by atoms with van der Waals surface area (Å²) in [4.78, 5) is 17.2. The zero-order chi connectivity index (χ0) is 20.1. The maximum Gasteiger partial charge on any atom is 0.258 e. The van der Waals surface area contributed by atoms with Crippen molar-refractivity contribution in [2.24, 2.45) is 0 Å². The number of ether oxygens (including phenoxy) is 2. The summed E-state index contributed by atoms with van der Waals surface area (Å²) in [5.41, 5.74) is 2.80. The van der Waals surface area contributed by atoms with E-state index >= 15 is 0 Å². The number of carbonyl (C=O) groups excluding carboxylic acids is 1. The highest BCUT2D eigenvalue weighted by Gasteiger charge is 2.16. The Bertz CT molecular complexity index is 987. The fourth-order valence-electron chi connectivity index (χ4n) is 2.61. The fraction of sp³-hybridized carbons (Fsp3) is 0.250. The van der Waals surface area contributed by atoms with Crippen LogP contribution in [0.25, 0.3) is 0 Å². The lowest BCUT2D eigenvalue weighted by molar-refractivity contribution is 0.102. The third-order valence-electron chi connectivity index (χ3n) is 4.03. The van der Waals surface area contributed by atoms with Crippen molar-refractivity contribution in [3.05, 3.63) is 59.1 Å². The van der Waals surface area contributed by atoms with Crippen molar-refractivity contribution in [3.63, 3.8) is 0 Å².